The molecule has 1 amide bonds. The van der Waals surface area contributed by atoms with Crippen molar-refractivity contribution in [3.63, 3.8) is 0 Å². The van der Waals surface area contributed by atoms with Crippen molar-refractivity contribution in [2.24, 2.45) is 0 Å². The fourth-order valence-corrected chi connectivity index (χ4v) is 2.42. The summed E-state index contributed by atoms with van der Waals surface area (Å²) in [5, 5.41) is 9.84. The third-order valence-electron chi connectivity index (χ3n) is 3.38. The van der Waals surface area contributed by atoms with Crippen molar-refractivity contribution in [3.05, 3.63) is 53.6 Å². The van der Waals surface area contributed by atoms with Crippen LogP contribution in [0.3, 0.4) is 0 Å². The van der Waals surface area contributed by atoms with Gasteiger partial charge in [-0.05, 0) is 30.2 Å². The predicted molar refractivity (Wildman–Crippen MR) is 74.3 cm³/mol. The van der Waals surface area contributed by atoms with Crippen LogP contribution in [0.2, 0.25) is 0 Å². The van der Waals surface area contributed by atoms with Crippen molar-refractivity contribution >= 4 is 17.3 Å². The molecular formula is C15H14N2O2. The lowest BCUT2D eigenvalue weighted by molar-refractivity contribution is 0.0987. The maximum atomic E-state index is 12.5. The number of anilines is 2. The van der Waals surface area contributed by atoms with Crippen LogP contribution in [0, 0.1) is 0 Å². The minimum absolute atomic E-state index is 0.0746. The molecule has 0 saturated heterocycles. The number of hydrogen-bond donors (Lipinski definition) is 2. The van der Waals surface area contributed by atoms with Gasteiger partial charge in [0.15, 0.2) is 0 Å². The van der Waals surface area contributed by atoms with Crippen molar-refractivity contribution in [2.45, 2.75) is 6.42 Å². The lowest BCUT2D eigenvalue weighted by atomic mass is 10.1. The number of para-hydroxylation sites is 1. The molecule has 0 spiro atoms. The van der Waals surface area contributed by atoms with Crippen LogP contribution in [0.25, 0.3) is 0 Å². The van der Waals surface area contributed by atoms with Gasteiger partial charge in [-0.3, -0.25) is 4.79 Å². The van der Waals surface area contributed by atoms with E-state index in [-0.39, 0.29) is 17.2 Å². The number of nitrogens with two attached hydrogens (primary N) is 1. The first-order chi connectivity index (χ1) is 9.16. The Hall–Kier alpha value is -2.49. The molecule has 2 aromatic carbocycles. The van der Waals surface area contributed by atoms with Gasteiger partial charge in [0.2, 0.25) is 0 Å². The van der Waals surface area contributed by atoms with E-state index in [0.717, 1.165) is 17.7 Å². The molecule has 3 N–H and O–H groups in total. The topological polar surface area (TPSA) is 66.6 Å². The summed E-state index contributed by atoms with van der Waals surface area (Å²) in [7, 11) is 0. The number of phenolic OH excluding ortho intramolecular Hbond substituents is 1. The van der Waals surface area contributed by atoms with Crippen LogP contribution >= 0.6 is 0 Å². The molecule has 1 aliphatic rings. The van der Waals surface area contributed by atoms with Gasteiger partial charge in [-0.25, -0.2) is 0 Å². The Balaban J connectivity index is 1.98. The van der Waals surface area contributed by atoms with Crippen LogP contribution in [-0.4, -0.2) is 17.6 Å². The quantitative estimate of drug-likeness (QED) is 0.766. The molecule has 0 unspecified atom stereocenters. The highest BCUT2D eigenvalue weighted by Gasteiger charge is 2.26. The Kier molecular flexibility index (Phi) is 2.63. The molecule has 0 atom stereocenters. The monoisotopic (exact) mass is 254 g/mol. The number of aromatic hydroxyl groups is 1. The van der Waals surface area contributed by atoms with Crippen molar-refractivity contribution in [1.29, 1.82) is 0 Å². The van der Waals surface area contributed by atoms with Gasteiger partial charge >= 0.3 is 0 Å². The molecule has 0 bridgehead atoms. The van der Waals surface area contributed by atoms with Crippen LogP contribution in [0.5, 0.6) is 5.75 Å². The number of nitrogen functional groups attached to an aromatic ring is 1. The largest absolute Gasteiger partial charge is 0.507 e. The third kappa shape index (κ3) is 1.91. The average Bonchev–Trinajstić information content (AvgIpc) is 2.82. The third-order valence-corrected chi connectivity index (χ3v) is 3.38. The highest BCUT2D eigenvalue weighted by atomic mass is 16.3. The molecule has 4 nitrogen and oxygen atoms in total. The lowest BCUT2D eigenvalue weighted by Crippen LogP contribution is -2.28. The predicted octanol–water partition coefficient (Wildman–Crippen LogP) is 2.18. The number of fused-ring (bicyclic) bond motifs is 1. The zero-order valence-electron chi connectivity index (χ0n) is 10.3. The van der Waals surface area contributed by atoms with Gasteiger partial charge < -0.3 is 15.7 Å². The summed E-state index contributed by atoms with van der Waals surface area (Å²) in [6, 6.07) is 12.4. The Bertz CT molecular complexity index is 652. The summed E-state index contributed by atoms with van der Waals surface area (Å²) in [5.74, 6) is -0.267. The van der Waals surface area contributed by atoms with Gasteiger partial charge in [0.25, 0.3) is 5.91 Å². The normalized spacial score (nSPS) is 13.4. The van der Waals surface area contributed by atoms with Gasteiger partial charge in [-0.15, -0.1) is 0 Å². The van der Waals surface area contributed by atoms with E-state index >= 15 is 0 Å². The fraction of sp³-hybridized carbons (Fsp3) is 0.133. The summed E-state index contributed by atoms with van der Waals surface area (Å²) in [4.78, 5) is 14.2. The number of hydrogen-bond acceptors (Lipinski definition) is 3. The molecule has 0 aliphatic carbocycles. The molecular weight excluding hydrogens is 240 g/mol. The van der Waals surface area contributed by atoms with E-state index < -0.39 is 0 Å². The highest BCUT2D eigenvalue weighted by molar-refractivity contribution is 6.09. The number of carbonyl (C=O) groups excluding carboxylic acids is 1. The summed E-state index contributed by atoms with van der Waals surface area (Å²) in [6.45, 7) is 0.641. The SMILES string of the molecule is Nc1ccc(C(=O)N2CCc3ccccc32)c(O)c1. The van der Waals surface area contributed by atoms with E-state index in [4.69, 9.17) is 5.73 Å². The molecule has 1 heterocycles. The molecule has 0 radical (unpaired) electrons. The number of carbonyl (C=O) groups is 1. The van der Waals surface area contributed by atoms with E-state index in [2.05, 4.69) is 0 Å². The van der Waals surface area contributed by atoms with Crippen molar-refractivity contribution in [3.8, 4) is 5.75 Å². The van der Waals surface area contributed by atoms with Gasteiger partial charge in [-0.1, -0.05) is 18.2 Å². The van der Waals surface area contributed by atoms with Crippen LogP contribution in [0.1, 0.15) is 15.9 Å². The molecule has 0 aromatic heterocycles. The second kappa shape index (κ2) is 4.31. The minimum atomic E-state index is -0.192. The molecule has 96 valence electrons. The molecule has 1 aliphatic heterocycles. The average molecular weight is 254 g/mol. The zero-order valence-corrected chi connectivity index (χ0v) is 10.3. The molecule has 4 heteroatoms. The van der Waals surface area contributed by atoms with Gasteiger partial charge in [0.05, 0.1) is 5.56 Å². The van der Waals surface area contributed by atoms with Crippen LogP contribution in [0.4, 0.5) is 11.4 Å². The molecule has 19 heavy (non-hydrogen) atoms. The van der Waals surface area contributed by atoms with Crippen LogP contribution in [0.15, 0.2) is 42.5 Å². The number of nitrogens with zero attached hydrogens (tertiary/aromatic N) is 1. The fourth-order valence-electron chi connectivity index (χ4n) is 2.42. The maximum Gasteiger partial charge on any atom is 0.262 e. The molecule has 3 rings (SSSR count). The number of rotatable bonds is 1. The van der Waals surface area contributed by atoms with Crippen LogP contribution < -0.4 is 10.6 Å². The second-order valence-electron chi connectivity index (χ2n) is 4.61. The maximum absolute atomic E-state index is 12.5. The minimum Gasteiger partial charge on any atom is -0.507 e. The number of phenols is 1. The van der Waals surface area contributed by atoms with E-state index in [1.54, 1.807) is 17.0 Å². The Labute approximate surface area is 111 Å². The van der Waals surface area contributed by atoms with Crippen molar-refractivity contribution < 1.29 is 9.90 Å². The van der Waals surface area contributed by atoms with E-state index in [0.29, 0.717) is 12.2 Å². The second-order valence-corrected chi connectivity index (χ2v) is 4.61. The Morgan fingerprint density at radius 1 is 1.21 bits per heavy atom. The summed E-state index contributed by atoms with van der Waals surface area (Å²) >= 11 is 0. The standard InChI is InChI=1S/C15H14N2O2/c16-11-5-6-12(14(18)9-11)15(19)17-8-7-10-3-1-2-4-13(10)17/h1-6,9,18H,7-8,16H2. The first-order valence-corrected chi connectivity index (χ1v) is 6.15. The van der Waals surface area contributed by atoms with E-state index in [1.807, 2.05) is 24.3 Å². The zero-order chi connectivity index (χ0) is 13.4. The first-order valence-electron chi connectivity index (χ1n) is 6.15. The van der Waals surface area contributed by atoms with Gasteiger partial charge in [0, 0.05) is 24.0 Å². The smallest absolute Gasteiger partial charge is 0.262 e. The van der Waals surface area contributed by atoms with Crippen molar-refractivity contribution in [2.75, 3.05) is 17.2 Å². The molecule has 2 aromatic rings. The Morgan fingerprint density at radius 2 is 2.00 bits per heavy atom. The van der Waals surface area contributed by atoms with Gasteiger partial charge in [-0.2, -0.15) is 0 Å². The van der Waals surface area contributed by atoms with Gasteiger partial charge in [0.1, 0.15) is 5.75 Å². The molecule has 0 saturated carbocycles. The van der Waals surface area contributed by atoms with Crippen LogP contribution in [-0.2, 0) is 6.42 Å². The summed E-state index contributed by atoms with van der Waals surface area (Å²) in [6.07, 6.45) is 0.845. The molecule has 0 fully saturated rings. The summed E-state index contributed by atoms with van der Waals surface area (Å²) < 4.78 is 0. The van der Waals surface area contributed by atoms with Crippen molar-refractivity contribution in [1.82, 2.24) is 0 Å². The van der Waals surface area contributed by atoms with E-state index in [9.17, 15) is 9.90 Å². The number of benzene rings is 2. The van der Waals surface area contributed by atoms with E-state index in [1.165, 1.54) is 6.07 Å². The lowest BCUT2D eigenvalue weighted by Gasteiger charge is -2.18. The first kappa shape index (κ1) is 11.6. The Morgan fingerprint density at radius 3 is 2.79 bits per heavy atom. The summed E-state index contributed by atoms with van der Waals surface area (Å²) in [5.41, 5.74) is 8.37. The highest BCUT2D eigenvalue weighted by Crippen LogP contribution is 2.31. The number of amides is 1.